The minimum absolute atomic E-state index is 1.12. The number of allylic oxidation sites excluding steroid dienone is 5. The zero-order valence-electron chi connectivity index (χ0n) is 10.6. The highest BCUT2D eigenvalue weighted by Crippen LogP contribution is 2.12. The fourth-order valence-corrected chi connectivity index (χ4v) is 1.64. The Morgan fingerprint density at radius 2 is 1.50 bits per heavy atom. The van der Waals surface area contributed by atoms with Gasteiger partial charge in [0.05, 0.1) is 0 Å². The van der Waals surface area contributed by atoms with Crippen LogP contribution in [0.15, 0.2) is 49.6 Å². The predicted molar refractivity (Wildman–Crippen MR) is 75.6 cm³/mol. The van der Waals surface area contributed by atoms with Crippen molar-refractivity contribution in [3.63, 3.8) is 0 Å². The van der Waals surface area contributed by atoms with Crippen molar-refractivity contribution in [1.29, 1.82) is 0 Å². The number of unbranched alkanes of at least 4 members (excludes halogenated alkanes) is 6. The average molecular weight is 218 g/mol. The molecule has 0 nitrogen and oxygen atoms in total. The summed E-state index contributed by atoms with van der Waals surface area (Å²) in [5.41, 5.74) is 1.21. The van der Waals surface area contributed by atoms with E-state index in [9.17, 15) is 0 Å². The molecular formula is C16H26. The van der Waals surface area contributed by atoms with Crippen LogP contribution in [-0.2, 0) is 0 Å². The van der Waals surface area contributed by atoms with Gasteiger partial charge < -0.3 is 0 Å². The molecule has 0 aromatic carbocycles. The molecule has 0 heterocycles. The highest BCUT2D eigenvalue weighted by Gasteiger charge is 1.92. The maximum absolute atomic E-state index is 4.00. The van der Waals surface area contributed by atoms with E-state index in [-0.39, 0.29) is 0 Å². The van der Waals surface area contributed by atoms with E-state index in [4.69, 9.17) is 0 Å². The van der Waals surface area contributed by atoms with Crippen LogP contribution in [0.3, 0.4) is 0 Å². The number of hydrogen-bond acceptors (Lipinski definition) is 0. The maximum Gasteiger partial charge on any atom is -0.0285 e. The summed E-state index contributed by atoms with van der Waals surface area (Å²) in [6.45, 7) is 11.4. The quantitative estimate of drug-likeness (QED) is 0.241. The smallest absolute Gasteiger partial charge is 0.0285 e. The molecule has 0 aliphatic rings. The van der Waals surface area contributed by atoms with Crippen LogP contribution in [-0.4, -0.2) is 0 Å². The van der Waals surface area contributed by atoms with Gasteiger partial charge in [-0.05, 0) is 25.7 Å². The Bertz CT molecular complexity index is 220. The van der Waals surface area contributed by atoms with Crippen molar-refractivity contribution in [3.05, 3.63) is 49.6 Å². The van der Waals surface area contributed by atoms with Crippen molar-refractivity contribution < 1.29 is 0 Å². The molecule has 0 spiro atoms. The van der Waals surface area contributed by atoms with Gasteiger partial charge in [0.1, 0.15) is 0 Å². The first-order valence-corrected chi connectivity index (χ1v) is 6.39. The van der Waals surface area contributed by atoms with Gasteiger partial charge in [0.15, 0.2) is 0 Å². The first-order chi connectivity index (χ1) is 7.81. The lowest BCUT2D eigenvalue weighted by atomic mass is 10.1. The Morgan fingerprint density at radius 3 is 2.12 bits per heavy atom. The van der Waals surface area contributed by atoms with Crippen LogP contribution in [0, 0.1) is 0 Å². The Kier molecular flexibility index (Phi) is 11.2. The van der Waals surface area contributed by atoms with Gasteiger partial charge in [-0.2, -0.15) is 0 Å². The SMILES string of the molecule is C=C/C=C\C(=C)CCCCCCCCC=C. The zero-order valence-corrected chi connectivity index (χ0v) is 10.6. The molecule has 0 aromatic rings. The van der Waals surface area contributed by atoms with Crippen LogP contribution in [0.25, 0.3) is 0 Å². The molecule has 0 radical (unpaired) electrons. The first kappa shape index (κ1) is 15.0. The fourth-order valence-electron chi connectivity index (χ4n) is 1.64. The molecule has 0 aliphatic heterocycles. The van der Waals surface area contributed by atoms with E-state index >= 15 is 0 Å². The summed E-state index contributed by atoms with van der Waals surface area (Å²) in [6.07, 6.45) is 18.1. The third-order valence-corrected chi connectivity index (χ3v) is 2.62. The lowest BCUT2D eigenvalue weighted by molar-refractivity contribution is 0.598. The van der Waals surface area contributed by atoms with E-state index in [0.29, 0.717) is 0 Å². The summed E-state index contributed by atoms with van der Waals surface area (Å²) in [4.78, 5) is 0. The summed E-state index contributed by atoms with van der Waals surface area (Å²) in [5, 5.41) is 0. The first-order valence-electron chi connectivity index (χ1n) is 6.39. The second kappa shape index (κ2) is 12.0. The van der Waals surface area contributed by atoms with E-state index in [2.05, 4.69) is 25.8 Å². The second-order valence-electron chi connectivity index (χ2n) is 4.20. The normalized spacial score (nSPS) is 10.5. The van der Waals surface area contributed by atoms with Crippen LogP contribution in [0.5, 0.6) is 0 Å². The highest BCUT2D eigenvalue weighted by atomic mass is 14.0. The third-order valence-electron chi connectivity index (χ3n) is 2.62. The second-order valence-corrected chi connectivity index (χ2v) is 4.20. The molecule has 0 amide bonds. The molecule has 16 heavy (non-hydrogen) atoms. The van der Waals surface area contributed by atoms with Crippen molar-refractivity contribution in [1.82, 2.24) is 0 Å². The van der Waals surface area contributed by atoms with Gasteiger partial charge >= 0.3 is 0 Å². The summed E-state index contributed by atoms with van der Waals surface area (Å²) < 4.78 is 0. The van der Waals surface area contributed by atoms with Crippen molar-refractivity contribution in [3.8, 4) is 0 Å². The van der Waals surface area contributed by atoms with Crippen LogP contribution in [0.4, 0.5) is 0 Å². The van der Waals surface area contributed by atoms with Crippen LogP contribution >= 0.6 is 0 Å². The summed E-state index contributed by atoms with van der Waals surface area (Å²) >= 11 is 0. The van der Waals surface area contributed by atoms with Gasteiger partial charge in [-0.25, -0.2) is 0 Å². The van der Waals surface area contributed by atoms with Crippen molar-refractivity contribution in [2.24, 2.45) is 0 Å². The molecule has 0 N–H and O–H groups in total. The van der Waals surface area contributed by atoms with Crippen LogP contribution in [0.1, 0.15) is 51.4 Å². The Labute approximate surface area is 101 Å². The van der Waals surface area contributed by atoms with Gasteiger partial charge in [0.2, 0.25) is 0 Å². The molecule has 0 bridgehead atoms. The van der Waals surface area contributed by atoms with Crippen molar-refractivity contribution in [2.75, 3.05) is 0 Å². The molecule has 0 saturated carbocycles. The molecule has 0 heteroatoms. The molecule has 0 unspecified atom stereocenters. The van der Waals surface area contributed by atoms with Crippen LogP contribution in [0.2, 0.25) is 0 Å². The maximum atomic E-state index is 4.00. The van der Waals surface area contributed by atoms with Gasteiger partial charge in [0.25, 0.3) is 0 Å². The predicted octanol–water partition coefficient (Wildman–Crippen LogP) is 5.59. The Morgan fingerprint density at radius 1 is 0.875 bits per heavy atom. The van der Waals surface area contributed by atoms with E-state index in [1.807, 2.05) is 12.2 Å². The summed E-state index contributed by atoms with van der Waals surface area (Å²) in [7, 11) is 0. The van der Waals surface area contributed by atoms with Crippen molar-refractivity contribution >= 4 is 0 Å². The van der Waals surface area contributed by atoms with E-state index in [0.717, 1.165) is 6.42 Å². The molecule has 90 valence electrons. The zero-order chi connectivity index (χ0) is 12.1. The minimum atomic E-state index is 1.12. The van der Waals surface area contributed by atoms with Gasteiger partial charge in [0, 0.05) is 0 Å². The average Bonchev–Trinajstić information content (AvgIpc) is 2.30. The number of hydrogen-bond donors (Lipinski definition) is 0. The number of rotatable bonds is 11. The lowest BCUT2D eigenvalue weighted by Crippen LogP contribution is -1.81. The molecule has 0 fully saturated rings. The highest BCUT2D eigenvalue weighted by molar-refractivity contribution is 5.17. The topological polar surface area (TPSA) is 0 Å². The van der Waals surface area contributed by atoms with Crippen molar-refractivity contribution in [2.45, 2.75) is 51.4 Å². The third kappa shape index (κ3) is 11.0. The monoisotopic (exact) mass is 218 g/mol. The minimum Gasteiger partial charge on any atom is -0.103 e. The molecule has 0 rings (SSSR count). The van der Waals surface area contributed by atoms with E-state index < -0.39 is 0 Å². The van der Waals surface area contributed by atoms with E-state index in [1.54, 1.807) is 6.08 Å². The molecular weight excluding hydrogens is 192 g/mol. The molecule has 0 saturated heterocycles. The summed E-state index contributed by atoms with van der Waals surface area (Å²) in [5.74, 6) is 0. The Hall–Kier alpha value is -1.04. The molecule has 0 aliphatic carbocycles. The van der Waals surface area contributed by atoms with Gasteiger partial charge in [-0.15, -0.1) is 6.58 Å². The van der Waals surface area contributed by atoms with Gasteiger partial charge in [-0.1, -0.05) is 68.7 Å². The Balaban J connectivity index is 3.20. The standard InChI is InChI=1S/C16H26/c1-4-6-8-9-10-11-12-13-15-16(3)14-7-5-2/h4-5,7,14H,1-3,6,8-13,15H2/b14-7-. The van der Waals surface area contributed by atoms with E-state index in [1.165, 1.54) is 50.5 Å². The lowest BCUT2D eigenvalue weighted by Gasteiger charge is -2.01. The van der Waals surface area contributed by atoms with Crippen LogP contribution < -0.4 is 0 Å². The largest absolute Gasteiger partial charge is 0.103 e. The summed E-state index contributed by atoms with van der Waals surface area (Å²) in [6, 6.07) is 0. The van der Waals surface area contributed by atoms with Gasteiger partial charge in [-0.3, -0.25) is 0 Å². The fraction of sp³-hybridized carbons (Fsp3) is 0.500. The molecule has 0 atom stereocenters. The molecule has 0 aromatic heterocycles.